The number of benzene rings is 3. The molecule has 2 aliphatic rings. The van der Waals surface area contributed by atoms with Crippen LogP contribution in [0.2, 0.25) is 0 Å². The van der Waals surface area contributed by atoms with E-state index in [1.165, 1.54) is 35.9 Å². The van der Waals surface area contributed by atoms with Gasteiger partial charge in [-0.1, -0.05) is 35.9 Å². The Hall–Kier alpha value is -3.13. The van der Waals surface area contributed by atoms with Crippen LogP contribution in [-0.2, 0) is 20.1 Å². The molecule has 0 N–H and O–H groups in total. The molecule has 2 bridgehead atoms. The Balaban J connectivity index is 0.000000159. The van der Waals surface area contributed by atoms with E-state index in [1.807, 2.05) is 54.6 Å². The minimum atomic E-state index is 0. The molecule has 2 unspecified atom stereocenters. The Labute approximate surface area is 214 Å². The van der Waals surface area contributed by atoms with Gasteiger partial charge in [0, 0.05) is 31.7 Å². The zero-order valence-corrected chi connectivity index (χ0v) is 21.1. The van der Waals surface area contributed by atoms with Crippen LogP contribution in [0.4, 0.5) is 0 Å². The second kappa shape index (κ2) is 10.0. The zero-order valence-electron chi connectivity index (χ0n) is 18.7. The van der Waals surface area contributed by atoms with E-state index in [0.29, 0.717) is 5.92 Å². The number of aromatic nitrogens is 2. The van der Waals surface area contributed by atoms with E-state index >= 15 is 0 Å². The molecule has 2 heterocycles. The summed E-state index contributed by atoms with van der Waals surface area (Å²) in [7, 11) is 0. The summed E-state index contributed by atoms with van der Waals surface area (Å²) in [5, 5.41) is 1.37. The normalized spacial score (nSPS) is 17.4. The van der Waals surface area contributed by atoms with Crippen LogP contribution in [0.3, 0.4) is 0 Å². The summed E-state index contributed by atoms with van der Waals surface area (Å²) in [5.41, 5.74) is 8.58. The largest absolute Gasteiger partial charge is 0.305 e. The van der Waals surface area contributed by atoms with Gasteiger partial charge in [0.05, 0.1) is 5.52 Å². The molecule has 2 aromatic heterocycles. The summed E-state index contributed by atoms with van der Waals surface area (Å²) in [6.45, 7) is 0. The maximum Gasteiger partial charge on any atom is 0.0598 e. The van der Waals surface area contributed by atoms with Crippen molar-refractivity contribution < 1.29 is 20.1 Å². The summed E-state index contributed by atoms with van der Waals surface area (Å²) in [6, 6.07) is 37.1. The van der Waals surface area contributed by atoms with Gasteiger partial charge in [-0.2, -0.15) is 0 Å². The third-order valence-electron chi connectivity index (χ3n) is 6.83. The number of hydrogen-bond donors (Lipinski definition) is 0. The zero-order chi connectivity index (χ0) is 22.0. The van der Waals surface area contributed by atoms with Crippen LogP contribution in [0.25, 0.3) is 33.4 Å². The van der Waals surface area contributed by atoms with Gasteiger partial charge in [-0.3, -0.25) is 4.98 Å². The second-order valence-electron chi connectivity index (χ2n) is 8.78. The molecule has 2 aliphatic carbocycles. The maximum atomic E-state index is 5.00. The predicted molar refractivity (Wildman–Crippen MR) is 134 cm³/mol. The standard InChI is InChI=1S/C20H16N.C11H8N.Ir/c1-2-6-13(7-3-1)20-19-15-11-10-14(12-15)18(19)16-8-4-5-9-17(16)21-20;1-2-6-10(7-3-1)11-8-4-5-9-12-11;/h1-6,8-9,14-15H,10-12H2;1-6,8-9H;/q2*-1;. The molecule has 1 radical (unpaired) electrons. The second-order valence-corrected chi connectivity index (χ2v) is 8.78. The number of para-hydroxylation sites is 1. The molecule has 1 fully saturated rings. The van der Waals surface area contributed by atoms with Gasteiger partial charge in [-0.25, -0.2) is 0 Å². The van der Waals surface area contributed by atoms with Gasteiger partial charge in [-0.05, 0) is 60.2 Å². The van der Waals surface area contributed by atoms with Crippen LogP contribution in [-0.4, -0.2) is 9.97 Å². The molecule has 7 rings (SSSR count). The summed E-state index contributed by atoms with van der Waals surface area (Å²) in [5.74, 6) is 1.46. The molecule has 169 valence electrons. The molecule has 3 heteroatoms. The van der Waals surface area contributed by atoms with Crippen molar-refractivity contribution in [1.82, 2.24) is 9.97 Å². The molecular formula is C31H24IrN2-2. The van der Waals surface area contributed by atoms with Crippen LogP contribution < -0.4 is 0 Å². The summed E-state index contributed by atoms with van der Waals surface area (Å²) >= 11 is 0. The minimum absolute atomic E-state index is 0. The Kier molecular flexibility index (Phi) is 6.67. The van der Waals surface area contributed by atoms with Gasteiger partial charge in [0.2, 0.25) is 0 Å². The molecule has 5 aromatic rings. The summed E-state index contributed by atoms with van der Waals surface area (Å²) in [6.07, 6.45) is 5.79. The van der Waals surface area contributed by atoms with Crippen molar-refractivity contribution >= 4 is 10.9 Å². The molecule has 1 saturated carbocycles. The Morgan fingerprint density at radius 1 is 0.676 bits per heavy atom. The molecule has 0 amide bonds. The van der Waals surface area contributed by atoms with E-state index in [-0.39, 0.29) is 20.1 Å². The van der Waals surface area contributed by atoms with E-state index in [1.54, 1.807) is 11.8 Å². The van der Waals surface area contributed by atoms with Crippen LogP contribution in [0, 0.1) is 12.1 Å². The molecule has 34 heavy (non-hydrogen) atoms. The monoisotopic (exact) mass is 617 g/mol. The predicted octanol–water partition coefficient (Wildman–Crippen LogP) is 7.61. The number of fused-ring (bicyclic) bond motifs is 7. The average Bonchev–Trinajstić information content (AvgIpc) is 3.53. The van der Waals surface area contributed by atoms with E-state index in [9.17, 15) is 0 Å². The molecule has 0 spiro atoms. The van der Waals surface area contributed by atoms with Crippen molar-refractivity contribution in [2.45, 2.75) is 31.1 Å². The number of nitrogens with zero attached hydrogens (tertiary/aromatic N) is 2. The Bertz CT molecular complexity index is 1350. The molecule has 3 aromatic carbocycles. The summed E-state index contributed by atoms with van der Waals surface area (Å²) in [4.78, 5) is 9.22. The SMILES string of the molecule is [Ir].[c-]1ccccc1-c1ccccn1.[c-]1ccccc1-c1nc2ccccc2c2c1C1CCC2C1. The van der Waals surface area contributed by atoms with E-state index in [4.69, 9.17) is 4.98 Å². The molecule has 2 nitrogen and oxygen atoms in total. The Morgan fingerprint density at radius 3 is 2.06 bits per heavy atom. The van der Waals surface area contributed by atoms with Crippen LogP contribution in [0.1, 0.15) is 42.2 Å². The van der Waals surface area contributed by atoms with Crippen LogP contribution in [0.5, 0.6) is 0 Å². The van der Waals surface area contributed by atoms with Crippen molar-refractivity contribution in [3.05, 3.63) is 120 Å². The Morgan fingerprint density at radius 2 is 1.35 bits per heavy atom. The number of hydrogen-bond acceptors (Lipinski definition) is 2. The maximum absolute atomic E-state index is 5.00. The average molecular weight is 617 g/mol. The number of rotatable bonds is 2. The fourth-order valence-corrected chi connectivity index (χ4v) is 5.43. The quantitative estimate of drug-likeness (QED) is 0.191. The van der Waals surface area contributed by atoms with Gasteiger partial charge in [0.1, 0.15) is 0 Å². The first-order valence-electron chi connectivity index (χ1n) is 11.7. The van der Waals surface area contributed by atoms with Gasteiger partial charge in [0.25, 0.3) is 0 Å². The van der Waals surface area contributed by atoms with Crippen molar-refractivity contribution in [2.24, 2.45) is 0 Å². The van der Waals surface area contributed by atoms with Crippen molar-refractivity contribution in [3.63, 3.8) is 0 Å². The molecule has 0 saturated heterocycles. The van der Waals surface area contributed by atoms with Gasteiger partial charge in [-0.15, -0.1) is 71.8 Å². The fraction of sp³-hybridized carbons (Fsp3) is 0.161. The van der Waals surface area contributed by atoms with Crippen LogP contribution in [0.15, 0.2) is 97.2 Å². The smallest absolute Gasteiger partial charge is 0.0598 e. The summed E-state index contributed by atoms with van der Waals surface area (Å²) < 4.78 is 0. The van der Waals surface area contributed by atoms with Gasteiger partial charge < -0.3 is 4.98 Å². The molecule has 2 atom stereocenters. The first-order valence-corrected chi connectivity index (χ1v) is 11.7. The molecular weight excluding hydrogens is 593 g/mol. The minimum Gasteiger partial charge on any atom is -0.305 e. The van der Waals surface area contributed by atoms with Crippen molar-refractivity contribution in [1.29, 1.82) is 0 Å². The molecule has 0 aliphatic heterocycles. The van der Waals surface area contributed by atoms with E-state index in [2.05, 4.69) is 53.5 Å². The topological polar surface area (TPSA) is 25.8 Å². The number of pyridine rings is 2. The third kappa shape index (κ3) is 4.22. The van der Waals surface area contributed by atoms with Crippen LogP contribution >= 0.6 is 0 Å². The van der Waals surface area contributed by atoms with Gasteiger partial charge >= 0.3 is 0 Å². The van der Waals surface area contributed by atoms with E-state index in [0.717, 1.165) is 28.3 Å². The first kappa shape index (κ1) is 22.7. The van der Waals surface area contributed by atoms with Crippen molar-refractivity contribution in [3.8, 4) is 22.5 Å². The van der Waals surface area contributed by atoms with Gasteiger partial charge in [0.15, 0.2) is 0 Å². The third-order valence-corrected chi connectivity index (χ3v) is 6.83. The first-order chi connectivity index (χ1) is 16.4. The van der Waals surface area contributed by atoms with Crippen molar-refractivity contribution in [2.75, 3.05) is 0 Å². The fourth-order valence-electron chi connectivity index (χ4n) is 5.43. The van der Waals surface area contributed by atoms with E-state index < -0.39 is 0 Å².